The summed E-state index contributed by atoms with van der Waals surface area (Å²) in [6, 6.07) is 9.28. The van der Waals surface area contributed by atoms with E-state index in [0.717, 1.165) is 43.3 Å². The normalized spacial score (nSPS) is 29.0. The van der Waals surface area contributed by atoms with Crippen LogP contribution in [0, 0.1) is 0 Å². The second kappa shape index (κ2) is 4.77. The average molecular weight is 271 g/mol. The van der Waals surface area contributed by atoms with Crippen molar-refractivity contribution >= 4 is 11.6 Å². The molecule has 1 aromatic carbocycles. The van der Waals surface area contributed by atoms with Crippen molar-refractivity contribution in [3.05, 3.63) is 29.8 Å². The summed E-state index contributed by atoms with van der Waals surface area (Å²) >= 11 is 0. The molecule has 4 heteroatoms. The van der Waals surface area contributed by atoms with Gasteiger partial charge >= 0.3 is 0 Å². The Hall–Kier alpha value is -1.55. The van der Waals surface area contributed by atoms with Gasteiger partial charge in [0.15, 0.2) is 0 Å². The SMILES string of the molecule is O=C(NC1CCN(C2CC2)C1)C1CNc2ccccc21. The molecular weight excluding hydrogens is 250 g/mol. The molecule has 1 amide bonds. The largest absolute Gasteiger partial charge is 0.384 e. The molecule has 2 N–H and O–H groups in total. The van der Waals surface area contributed by atoms with Crippen LogP contribution in [-0.4, -0.2) is 42.5 Å². The first kappa shape index (κ1) is 12.2. The van der Waals surface area contributed by atoms with Crippen LogP contribution in [0.15, 0.2) is 24.3 Å². The number of likely N-dealkylation sites (tertiary alicyclic amines) is 1. The van der Waals surface area contributed by atoms with Crippen LogP contribution < -0.4 is 10.6 Å². The predicted molar refractivity (Wildman–Crippen MR) is 78.8 cm³/mol. The highest BCUT2D eigenvalue weighted by Crippen LogP contribution is 2.32. The Bertz CT molecular complexity index is 526. The first-order chi connectivity index (χ1) is 9.81. The molecule has 2 heterocycles. The monoisotopic (exact) mass is 271 g/mol. The van der Waals surface area contributed by atoms with Gasteiger partial charge in [-0.1, -0.05) is 18.2 Å². The Morgan fingerprint density at radius 2 is 2.10 bits per heavy atom. The van der Waals surface area contributed by atoms with Crippen molar-refractivity contribution in [2.75, 3.05) is 25.0 Å². The summed E-state index contributed by atoms with van der Waals surface area (Å²) < 4.78 is 0. The Kier molecular flexibility index (Phi) is 2.91. The second-order valence-electron chi connectivity index (χ2n) is 6.24. The molecule has 2 unspecified atom stereocenters. The van der Waals surface area contributed by atoms with E-state index in [1.807, 2.05) is 18.2 Å². The standard InChI is InChI=1S/C16H21N3O/c20-16(14-9-17-15-4-2-1-3-13(14)15)18-11-7-8-19(10-11)12-5-6-12/h1-4,11-12,14,17H,5-10H2,(H,18,20). The highest BCUT2D eigenvalue weighted by Gasteiger charge is 2.36. The van der Waals surface area contributed by atoms with Gasteiger partial charge in [-0.25, -0.2) is 0 Å². The van der Waals surface area contributed by atoms with Crippen molar-refractivity contribution in [1.29, 1.82) is 0 Å². The van der Waals surface area contributed by atoms with E-state index < -0.39 is 0 Å². The quantitative estimate of drug-likeness (QED) is 0.876. The van der Waals surface area contributed by atoms with Gasteiger partial charge in [-0.05, 0) is 30.9 Å². The van der Waals surface area contributed by atoms with Gasteiger partial charge in [0, 0.05) is 37.4 Å². The minimum atomic E-state index is -0.0267. The smallest absolute Gasteiger partial charge is 0.229 e. The van der Waals surface area contributed by atoms with E-state index in [9.17, 15) is 4.79 Å². The Morgan fingerprint density at radius 3 is 2.95 bits per heavy atom. The van der Waals surface area contributed by atoms with E-state index in [-0.39, 0.29) is 11.8 Å². The van der Waals surface area contributed by atoms with Gasteiger partial charge in [-0.3, -0.25) is 9.69 Å². The summed E-state index contributed by atoms with van der Waals surface area (Å²) in [6.07, 6.45) is 3.80. The van der Waals surface area contributed by atoms with Gasteiger partial charge in [0.05, 0.1) is 5.92 Å². The lowest BCUT2D eigenvalue weighted by atomic mass is 10.00. The number of benzene rings is 1. The average Bonchev–Trinajstić information content (AvgIpc) is 3.06. The van der Waals surface area contributed by atoms with Crippen LogP contribution in [0.25, 0.3) is 0 Å². The van der Waals surface area contributed by atoms with Gasteiger partial charge < -0.3 is 10.6 Å². The zero-order valence-electron chi connectivity index (χ0n) is 11.6. The summed E-state index contributed by atoms with van der Waals surface area (Å²) in [6.45, 7) is 2.91. The molecule has 20 heavy (non-hydrogen) atoms. The Labute approximate surface area is 119 Å². The third-order valence-electron chi connectivity index (χ3n) is 4.78. The molecule has 1 saturated carbocycles. The summed E-state index contributed by atoms with van der Waals surface area (Å²) in [7, 11) is 0. The number of hydrogen-bond acceptors (Lipinski definition) is 3. The van der Waals surface area contributed by atoms with Crippen LogP contribution in [0.3, 0.4) is 0 Å². The van der Waals surface area contributed by atoms with Crippen molar-refractivity contribution in [3.8, 4) is 0 Å². The summed E-state index contributed by atoms with van der Waals surface area (Å²) in [5.74, 6) is 0.159. The molecule has 4 nitrogen and oxygen atoms in total. The summed E-state index contributed by atoms with van der Waals surface area (Å²) in [5.41, 5.74) is 2.25. The first-order valence-electron chi connectivity index (χ1n) is 7.68. The van der Waals surface area contributed by atoms with Gasteiger partial charge in [0.2, 0.25) is 5.91 Å². The molecule has 1 saturated heterocycles. The number of carbonyl (C=O) groups is 1. The van der Waals surface area contributed by atoms with Crippen molar-refractivity contribution in [2.45, 2.75) is 37.3 Å². The lowest BCUT2D eigenvalue weighted by Gasteiger charge is -2.18. The lowest BCUT2D eigenvalue weighted by Crippen LogP contribution is -2.40. The molecule has 4 rings (SSSR count). The highest BCUT2D eigenvalue weighted by atomic mass is 16.2. The van der Waals surface area contributed by atoms with E-state index in [0.29, 0.717) is 6.04 Å². The third-order valence-corrected chi connectivity index (χ3v) is 4.78. The van der Waals surface area contributed by atoms with Gasteiger partial charge in [0.25, 0.3) is 0 Å². The molecule has 106 valence electrons. The second-order valence-corrected chi connectivity index (χ2v) is 6.24. The molecule has 0 aromatic heterocycles. The molecule has 0 spiro atoms. The molecular formula is C16H21N3O. The molecule has 3 aliphatic rings. The Balaban J connectivity index is 1.39. The molecule has 2 fully saturated rings. The minimum absolute atomic E-state index is 0.0267. The van der Waals surface area contributed by atoms with Crippen molar-refractivity contribution in [3.63, 3.8) is 0 Å². The maximum absolute atomic E-state index is 12.5. The van der Waals surface area contributed by atoms with Crippen molar-refractivity contribution < 1.29 is 4.79 Å². The fourth-order valence-electron chi connectivity index (χ4n) is 3.50. The van der Waals surface area contributed by atoms with E-state index in [1.165, 1.54) is 12.8 Å². The van der Waals surface area contributed by atoms with Crippen molar-refractivity contribution in [1.82, 2.24) is 10.2 Å². The fraction of sp³-hybridized carbons (Fsp3) is 0.562. The van der Waals surface area contributed by atoms with Crippen LogP contribution >= 0.6 is 0 Å². The number of nitrogens with zero attached hydrogens (tertiary/aromatic N) is 1. The molecule has 1 aliphatic carbocycles. The fourth-order valence-corrected chi connectivity index (χ4v) is 3.50. The number of anilines is 1. The number of amides is 1. The molecule has 1 aromatic rings. The number of nitrogens with one attached hydrogen (secondary N) is 2. The number of carbonyl (C=O) groups excluding carboxylic acids is 1. The van der Waals surface area contributed by atoms with Crippen molar-refractivity contribution in [2.24, 2.45) is 0 Å². The van der Waals surface area contributed by atoms with Crippen LogP contribution in [0.2, 0.25) is 0 Å². The number of para-hydroxylation sites is 1. The van der Waals surface area contributed by atoms with Gasteiger partial charge in [-0.2, -0.15) is 0 Å². The number of rotatable bonds is 3. The molecule has 0 bridgehead atoms. The highest BCUT2D eigenvalue weighted by molar-refractivity contribution is 5.88. The summed E-state index contributed by atoms with van der Waals surface area (Å²) in [4.78, 5) is 15.0. The third kappa shape index (κ3) is 2.18. The number of hydrogen-bond donors (Lipinski definition) is 2. The first-order valence-corrected chi connectivity index (χ1v) is 7.68. The zero-order chi connectivity index (χ0) is 13.5. The predicted octanol–water partition coefficient (Wildman–Crippen LogP) is 1.55. The van der Waals surface area contributed by atoms with Crippen LogP contribution in [0.4, 0.5) is 5.69 Å². The molecule has 0 radical (unpaired) electrons. The van der Waals surface area contributed by atoms with Crippen LogP contribution in [0.1, 0.15) is 30.7 Å². The van der Waals surface area contributed by atoms with E-state index in [2.05, 4.69) is 21.6 Å². The minimum Gasteiger partial charge on any atom is -0.384 e. The lowest BCUT2D eigenvalue weighted by molar-refractivity contribution is -0.122. The zero-order valence-corrected chi connectivity index (χ0v) is 11.6. The van der Waals surface area contributed by atoms with E-state index >= 15 is 0 Å². The van der Waals surface area contributed by atoms with E-state index in [1.54, 1.807) is 0 Å². The number of fused-ring (bicyclic) bond motifs is 1. The summed E-state index contributed by atoms with van der Waals surface area (Å²) in [5, 5.41) is 6.58. The molecule has 2 aliphatic heterocycles. The Morgan fingerprint density at radius 1 is 1.25 bits per heavy atom. The molecule has 2 atom stereocenters. The topological polar surface area (TPSA) is 44.4 Å². The van der Waals surface area contributed by atoms with Gasteiger partial charge in [-0.15, -0.1) is 0 Å². The van der Waals surface area contributed by atoms with Gasteiger partial charge in [0.1, 0.15) is 0 Å². The van der Waals surface area contributed by atoms with E-state index in [4.69, 9.17) is 0 Å². The maximum atomic E-state index is 12.5. The van der Waals surface area contributed by atoms with Crippen LogP contribution in [0.5, 0.6) is 0 Å². The maximum Gasteiger partial charge on any atom is 0.229 e. The van der Waals surface area contributed by atoms with Crippen LogP contribution in [-0.2, 0) is 4.79 Å².